The van der Waals surface area contributed by atoms with Gasteiger partial charge >= 0.3 is 0 Å². The minimum atomic E-state index is -0.124. The molecule has 0 fully saturated rings. The van der Waals surface area contributed by atoms with Crippen LogP contribution >= 0.6 is 0 Å². The van der Waals surface area contributed by atoms with Crippen LogP contribution in [0.5, 0.6) is 0 Å². The van der Waals surface area contributed by atoms with Crippen molar-refractivity contribution < 1.29 is 5.11 Å². The molecule has 0 bridgehead atoms. The molecular formula is C10H20N6O. The summed E-state index contributed by atoms with van der Waals surface area (Å²) in [5.41, 5.74) is 5.63. The third-order valence-corrected chi connectivity index (χ3v) is 2.34. The standard InChI is InChI=1S/C10H20N6O/c1-4-16(5-2)10-14-8(11)13-9(15-10)12-7(3)6-17/h7,17H,4-6H2,1-3H3,(H3,11,12,13,14,15). The topological polar surface area (TPSA) is 100 Å². The molecule has 0 radical (unpaired) electrons. The Morgan fingerprint density at radius 1 is 1.29 bits per heavy atom. The Balaban J connectivity index is 2.93. The number of aliphatic hydroxyl groups excluding tert-OH is 1. The molecule has 0 spiro atoms. The van der Waals surface area contributed by atoms with Crippen molar-refractivity contribution in [1.82, 2.24) is 15.0 Å². The van der Waals surface area contributed by atoms with Crippen LogP contribution in [0.15, 0.2) is 0 Å². The molecule has 0 aromatic carbocycles. The number of hydrogen-bond acceptors (Lipinski definition) is 7. The van der Waals surface area contributed by atoms with E-state index in [9.17, 15) is 0 Å². The van der Waals surface area contributed by atoms with E-state index in [2.05, 4.69) is 20.3 Å². The van der Waals surface area contributed by atoms with E-state index in [1.54, 1.807) is 0 Å². The molecular weight excluding hydrogens is 220 g/mol. The van der Waals surface area contributed by atoms with Crippen LogP contribution in [0, 0.1) is 0 Å². The maximum Gasteiger partial charge on any atom is 0.231 e. The van der Waals surface area contributed by atoms with E-state index in [4.69, 9.17) is 10.8 Å². The van der Waals surface area contributed by atoms with Crippen LogP contribution in [0.3, 0.4) is 0 Å². The van der Waals surface area contributed by atoms with Gasteiger partial charge in [-0.15, -0.1) is 0 Å². The number of anilines is 3. The van der Waals surface area contributed by atoms with E-state index in [1.165, 1.54) is 0 Å². The Hall–Kier alpha value is -1.63. The highest BCUT2D eigenvalue weighted by molar-refractivity contribution is 5.42. The van der Waals surface area contributed by atoms with Gasteiger partial charge < -0.3 is 21.1 Å². The maximum atomic E-state index is 8.96. The normalized spacial score (nSPS) is 12.2. The smallest absolute Gasteiger partial charge is 0.231 e. The first-order chi connectivity index (χ1) is 8.10. The van der Waals surface area contributed by atoms with Gasteiger partial charge in [-0.3, -0.25) is 0 Å². The lowest BCUT2D eigenvalue weighted by Crippen LogP contribution is -2.27. The van der Waals surface area contributed by atoms with Crippen molar-refractivity contribution in [2.24, 2.45) is 0 Å². The fourth-order valence-electron chi connectivity index (χ4n) is 1.36. The van der Waals surface area contributed by atoms with Crippen molar-refractivity contribution in [2.45, 2.75) is 26.8 Å². The minimum absolute atomic E-state index is 0.00614. The number of aromatic nitrogens is 3. The summed E-state index contributed by atoms with van der Waals surface area (Å²) in [4.78, 5) is 14.3. The zero-order chi connectivity index (χ0) is 12.8. The van der Waals surface area contributed by atoms with Crippen molar-refractivity contribution in [3.8, 4) is 0 Å². The highest BCUT2D eigenvalue weighted by atomic mass is 16.3. The molecule has 0 saturated carbocycles. The summed E-state index contributed by atoms with van der Waals surface area (Å²) in [6, 6.07) is -0.124. The van der Waals surface area contributed by atoms with Gasteiger partial charge in [0.15, 0.2) is 0 Å². The predicted octanol–water partition coefficient (Wildman–Crippen LogP) is 0.0927. The number of hydrogen-bond donors (Lipinski definition) is 3. The average molecular weight is 240 g/mol. The molecule has 7 heteroatoms. The number of nitrogens with one attached hydrogen (secondary N) is 1. The largest absolute Gasteiger partial charge is 0.394 e. The lowest BCUT2D eigenvalue weighted by molar-refractivity contribution is 0.281. The van der Waals surface area contributed by atoms with Crippen LogP contribution in [-0.4, -0.2) is 45.8 Å². The van der Waals surface area contributed by atoms with Crippen molar-refractivity contribution in [3.05, 3.63) is 0 Å². The lowest BCUT2D eigenvalue weighted by Gasteiger charge is -2.19. The van der Waals surface area contributed by atoms with E-state index < -0.39 is 0 Å². The first kappa shape index (κ1) is 13.4. The summed E-state index contributed by atoms with van der Waals surface area (Å²) in [6.07, 6.45) is 0. The molecule has 0 saturated heterocycles. The predicted molar refractivity (Wildman–Crippen MR) is 68.0 cm³/mol. The Morgan fingerprint density at radius 3 is 2.47 bits per heavy atom. The molecule has 4 N–H and O–H groups in total. The second-order valence-corrected chi connectivity index (χ2v) is 3.72. The molecule has 1 aromatic heterocycles. The van der Waals surface area contributed by atoms with Crippen LogP contribution in [0.25, 0.3) is 0 Å². The summed E-state index contributed by atoms with van der Waals surface area (Å²) in [7, 11) is 0. The Bertz CT molecular complexity index is 355. The number of aliphatic hydroxyl groups is 1. The highest BCUT2D eigenvalue weighted by Crippen LogP contribution is 2.12. The third kappa shape index (κ3) is 3.70. The zero-order valence-corrected chi connectivity index (χ0v) is 10.5. The van der Waals surface area contributed by atoms with Crippen molar-refractivity contribution in [2.75, 3.05) is 35.6 Å². The SMILES string of the molecule is CCN(CC)c1nc(N)nc(NC(C)CO)n1. The van der Waals surface area contributed by atoms with Crippen LogP contribution in [0.2, 0.25) is 0 Å². The summed E-state index contributed by atoms with van der Waals surface area (Å²) in [5.74, 6) is 1.12. The van der Waals surface area contributed by atoms with Crippen molar-refractivity contribution in [3.63, 3.8) is 0 Å². The Kier molecular flexibility index (Phi) is 4.89. The summed E-state index contributed by atoms with van der Waals surface area (Å²) in [6.45, 7) is 7.48. The molecule has 0 aliphatic rings. The first-order valence-corrected chi connectivity index (χ1v) is 5.74. The van der Waals surface area contributed by atoms with Crippen molar-refractivity contribution in [1.29, 1.82) is 0 Å². The van der Waals surface area contributed by atoms with Crippen molar-refractivity contribution >= 4 is 17.8 Å². The Morgan fingerprint density at radius 2 is 1.94 bits per heavy atom. The molecule has 1 aromatic rings. The molecule has 17 heavy (non-hydrogen) atoms. The van der Waals surface area contributed by atoms with E-state index in [1.807, 2.05) is 25.7 Å². The molecule has 0 aliphatic carbocycles. The lowest BCUT2D eigenvalue weighted by atomic mass is 10.4. The summed E-state index contributed by atoms with van der Waals surface area (Å²) >= 11 is 0. The molecule has 1 heterocycles. The molecule has 1 unspecified atom stereocenters. The van der Waals surface area contributed by atoms with Gasteiger partial charge in [-0.2, -0.15) is 15.0 Å². The van der Waals surface area contributed by atoms with E-state index in [0.29, 0.717) is 11.9 Å². The Labute approximate surface area is 101 Å². The van der Waals surface area contributed by atoms with Gasteiger partial charge in [-0.25, -0.2) is 0 Å². The highest BCUT2D eigenvalue weighted by Gasteiger charge is 2.10. The van der Waals surface area contributed by atoms with Gasteiger partial charge in [0, 0.05) is 19.1 Å². The number of nitrogens with zero attached hydrogens (tertiary/aromatic N) is 4. The van der Waals surface area contributed by atoms with Gasteiger partial charge in [-0.1, -0.05) is 0 Å². The average Bonchev–Trinajstić information content (AvgIpc) is 2.29. The van der Waals surface area contributed by atoms with Gasteiger partial charge in [0.1, 0.15) is 0 Å². The zero-order valence-electron chi connectivity index (χ0n) is 10.5. The van der Waals surface area contributed by atoms with Gasteiger partial charge in [0.2, 0.25) is 17.8 Å². The molecule has 1 rings (SSSR count). The molecule has 96 valence electrons. The maximum absolute atomic E-state index is 8.96. The second-order valence-electron chi connectivity index (χ2n) is 3.72. The monoisotopic (exact) mass is 240 g/mol. The molecule has 1 atom stereocenters. The third-order valence-electron chi connectivity index (χ3n) is 2.34. The fraction of sp³-hybridized carbons (Fsp3) is 0.700. The molecule has 0 aliphatic heterocycles. The van der Waals surface area contributed by atoms with Gasteiger partial charge in [-0.05, 0) is 20.8 Å². The minimum Gasteiger partial charge on any atom is -0.394 e. The number of nitrogens with two attached hydrogens (primary N) is 1. The van der Waals surface area contributed by atoms with Crippen LogP contribution in [0.1, 0.15) is 20.8 Å². The first-order valence-electron chi connectivity index (χ1n) is 5.74. The summed E-state index contributed by atoms with van der Waals surface area (Å²) < 4.78 is 0. The fourth-order valence-corrected chi connectivity index (χ4v) is 1.36. The van der Waals surface area contributed by atoms with Crippen LogP contribution in [-0.2, 0) is 0 Å². The number of rotatable bonds is 6. The van der Waals surface area contributed by atoms with Gasteiger partial charge in [0.05, 0.1) is 6.61 Å². The summed E-state index contributed by atoms with van der Waals surface area (Å²) in [5, 5.41) is 11.9. The van der Waals surface area contributed by atoms with E-state index in [0.717, 1.165) is 13.1 Å². The molecule has 0 amide bonds. The molecule has 7 nitrogen and oxygen atoms in total. The second kappa shape index (κ2) is 6.19. The van der Waals surface area contributed by atoms with Gasteiger partial charge in [0.25, 0.3) is 0 Å². The van der Waals surface area contributed by atoms with E-state index >= 15 is 0 Å². The van der Waals surface area contributed by atoms with Crippen LogP contribution in [0.4, 0.5) is 17.8 Å². The van der Waals surface area contributed by atoms with E-state index in [-0.39, 0.29) is 18.6 Å². The van der Waals surface area contributed by atoms with Crippen LogP contribution < -0.4 is 16.0 Å². The quantitative estimate of drug-likeness (QED) is 0.648. The number of nitrogen functional groups attached to an aromatic ring is 1.